The Morgan fingerprint density at radius 1 is 1.17 bits per heavy atom. The molecule has 5 nitrogen and oxygen atoms in total. The molecule has 2 aromatic carbocycles. The molecule has 0 aliphatic rings. The van der Waals surface area contributed by atoms with Crippen molar-refractivity contribution in [3.63, 3.8) is 0 Å². The molecule has 0 saturated carbocycles. The molecule has 29 heavy (non-hydrogen) atoms. The molecular weight excluding hydrogens is 396 g/mol. The summed E-state index contributed by atoms with van der Waals surface area (Å²) in [7, 11) is 1.93. The quantitative estimate of drug-likeness (QED) is 0.532. The van der Waals surface area contributed by atoms with Crippen LogP contribution in [0.4, 0.5) is 8.78 Å². The number of hydrogen-bond acceptors (Lipinski definition) is 4. The highest BCUT2D eigenvalue weighted by molar-refractivity contribution is 7.99. The second kappa shape index (κ2) is 10.1. The molecule has 1 N–H and O–H groups in total. The van der Waals surface area contributed by atoms with Gasteiger partial charge in [-0.1, -0.05) is 54.2 Å². The maximum absolute atomic E-state index is 12.1. The van der Waals surface area contributed by atoms with Gasteiger partial charge in [0.1, 0.15) is 5.75 Å². The summed E-state index contributed by atoms with van der Waals surface area (Å²) in [4.78, 5) is 16.5. The fourth-order valence-electron chi connectivity index (χ4n) is 2.77. The lowest BCUT2D eigenvalue weighted by atomic mass is 10.1. The SMILES string of the molecule is Cn1c(-c2ccccc2)cnc1SCC(=O)NCCc1ccc(OC(F)F)cc1. The van der Waals surface area contributed by atoms with E-state index in [0.717, 1.165) is 22.0 Å². The van der Waals surface area contributed by atoms with Gasteiger partial charge in [-0.25, -0.2) is 4.98 Å². The van der Waals surface area contributed by atoms with Gasteiger partial charge in [-0.2, -0.15) is 8.78 Å². The molecule has 0 aliphatic carbocycles. The summed E-state index contributed by atoms with van der Waals surface area (Å²) in [5, 5.41) is 3.63. The number of thioether (sulfide) groups is 1. The highest BCUT2D eigenvalue weighted by atomic mass is 32.2. The summed E-state index contributed by atoms with van der Waals surface area (Å²) >= 11 is 1.38. The van der Waals surface area contributed by atoms with E-state index in [0.29, 0.717) is 13.0 Å². The van der Waals surface area contributed by atoms with Crippen LogP contribution in [0.2, 0.25) is 0 Å². The van der Waals surface area contributed by atoms with E-state index in [2.05, 4.69) is 15.0 Å². The fraction of sp³-hybridized carbons (Fsp3) is 0.238. The molecule has 3 rings (SSSR count). The number of imidazole rings is 1. The van der Waals surface area contributed by atoms with Gasteiger partial charge in [-0.3, -0.25) is 4.79 Å². The number of nitrogens with zero attached hydrogens (tertiary/aromatic N) is 2. The maximum atomic E-state index is 12.1. The summed E-state index contributed by atoms with van der Waals surface area (Å²) in [6.45, 7) is -2.37. The Bertz CT molecular complexity index is 931. The van der Waals surface area contributed by atoms with E-state index < -0.39 is 6.61 Å². The summed E-state index contributed by atoms with van der Waals surface area (Å²) in [5.74, 6) is 0.298. The van der Waals surface area contributed by atoms with Crippen molar-refractivity contribution >= 4 is 17.7 Å². The lowest BCUT2D eigenvalue weighted by Gasteiger charge is -2.08. The van der Waals surface area contributed by atoms with Crippen LogP contribution in [0, 0.1) is 0 Å². The lowest BCUT2D eigenvalue weighted by Crippen LogP contribution is -2.27. The second-order valence-corrected chi connectivity index (χ2v) is 7.20. The van der Waals surface area contributed by atoms with Crippen LogP contribution in [0.15, 0.2) is 66.0 Å². The molecule has 0 unspecified atom stereocenters. The molecule has 0 aliphatic heterocycles. The zero-order valence-electron chi connectivity index (χ0n) is 15.8. The standard InChI is InChI=1S/C21H21F2N3O2S/c1-26-18(16-5-3-2-4-6-16)13-25-21(26)29-14-19(27)24-12-11-15-7-9-17(10-8-15)28-20(22)23/h2-10,13,20H,11-12,14H2,1H3,(H,24,27). The molecular formula is C21H21F2N3O2S. The van der Waals surface area contributed by atoms with E-state index in [1.54, 1.807) is 18.3 Å². The number of amides is 1. The van der Waals surface area contributed by atoms with Crippen molar-refractivity contribution in [1.82, 2.24) is 14.9 Å². The monoisotopic (exact) mass is 417 g/mol. The highest BCUT2D eigenvalue weighted by Crippen LogP contribution is 2.24. The first-order valence-electron chi connectivity index (χ1n) is 9.03. The summed E-state index contributed by atoms with van der Waals surface area (Å²) in [5.41, 5.74) is 2.99. The number of alkyl halides is 2. The number of halogens is 2. The van der Waals surface area contributed by atoms with Crippen molar-refractivity contribution in [3.8, 4) is 17.0 Å². The average Bonchev–Trinajstić information content (AvgIpc) is 3.08. The minimum atomic E-state index is -2.83. The van der Waals surface area contributed by atoms with Crippen molar-refractivity contribution in [2.75, 3.05) is 12.3 Å². The maximum Gasteiger partial charge on any atom is 0.387 e. The largest absolute Gasteiger partial charge is 0.435 e. The molecule has 0 atom stereocenters. The van der Waals surface area contributed by atoms with Gasteiger partial charge in [0.2, 0.25) is 5.91 Å². The molecule has 8 heteroatoms. The van der Waals surface area contributed by atoms with Gasteiger partial charge in [0.05, 0.1) is 17.6 Å². The van der Waals surface area contributed by atoms with Gasteiger partial charge in [0.15, 0.2) is 5.16 Å². The Balaban J connectivity index is 1.43. The minimum Gasteiger partial charge on any atom is -0.435 e. The Morgan fingerprint density at radius 3 is 2.59 bits per heavy atom. The zero-order valence-corrected chi connectivity index (χ0v) is 16.7. The molecule has 1 aromatic heterocycles. The predicted molar refractivity (Wildman–Crippen MR) is 109 cm³/mol. The summed E-state index contributed by atoms with van der Waals surface area (Å²) < 4.78 is 30.6. The first-order chi connectivity index (χ1) is 14.0. The van der Waals surface area contributed by atoms with Crippen molar-refractivity contribution in [1.29, 1.82) is 0 Å². The average molecular weight is 417 g/mol. The van der Waals surface area contributed by atoms with Crippen LogP contribution < -0.4 is 10.1 Å². The molecule has 1 amide bonds. The molecule has 0 radical (unpaired) electrons. The normalized spacial score (nSPS) is 10.9. The molecule has 3 aromatic rings. The van der Waals surface area contributed by atoms with Gasteiger partial charge < -0.3 is 14.6 Å². The van der Waals surface area contributed by atoms with Crippen molar-refractivity contribution in [2.24, 2.45) is 7.05 Å². The van der Waals surface area contributed by atoms with Gasteiger partial charge in [0.25, 0.3) is 0 Å². The van der Waals surface area contributed by atoms with Crippen molar-refractivity contribution in [3.05, 3.63) is 66.4 Å². The fourth-order valence-corrected chi connectivity index (χ4v) is 3.55. The number of benzene rings is 2. The van der Waals surface area contributed by atoms with Crippen LogP contribution in [-0.2, 0) is 18.3 Å². The van der Waals surface area contributed by atoms with Crippen molar-refractivity contribution in [2.45, 2.75) is 18.2 Å². The Kier molecular flexibility index (Phi) is 7.24. The Morgan fingerprint density at radius 2 is 1.90 bits per heavy atom. The molecule has 0 saturated heterocycles. The third-order valence-corrected chi connectivity index (χ3v) is 5.28. The molecule has 0 fully saturated rings. The van der Waals surface area contributed by atoms with Crippen LogP contribution in [0.3, 0.4) is 0 Å². The molecule has 1 heterocycles. The van der Waals surface area contributed by atoms with E-state index in [-0.39, 0.29) is 17.4 Å². The van der Waals surface area contributed by atoms with E-state index in [1.165, 1.54) is 23.9 Å². The highest BCUT2D eigenvalue weighted by Gasteiger charge is 2.11. The van der Waals surface area contributed by atoms with E-state index >= 15 is 0 Å². The van der Waals surface area contributed by atoms with E-state index in [9.17, 15) is 13.6 Å². The van der Waals surface area contributed by atoms with E-state index in [4.69, 9.17) is 0 Å². The second-order valence-electron chi connectivity index (χ2n) is 6.26. The number of hydrogen-bond donors (Lipinski definition) is 1. The molecule has 0 bridgehead atoms. The summed E-state index contributed by atoms with van der Waals surface area (Å²) in [6.07, 6.45) is 2.41. The van der Waals surface area contributed by atoms with E-state index in [1.807, 2.05) is 41.9 Å². The first kappa shape index (κ1) is 20.9. The van der Waals surface area contributed by atoms with Crippen molar-refractivity contribution < 1.29 is 18.3 Å². The Hall–Kier alpha value is -2.87. The third kappa shape index (κ3) is 6.05. The zero-order chi connectivity index (χ0) is 20.6. The van der Waals surface area contributed by atoms with Gasteiger partial charge >= 0.3 is 6.61 Å². The molecule has 152 valence electrons. The smallest absolute Gasteiger partial charge is 0.387 e. The number of nitrogens with one attached hydrogen (secondary N) is 1. The van der Waals surface area contributed by atoms with Crippen LogP contribution in [0.5, 0.6) is 5.75 Å². The predicted octanol–water partition coefficient (Wildman–Crippen LogP) is 4.14. The third-order valence-electron chi connectivity index (χ3n) is 4.23. The van der Waals surface area contributed by atoms with Gasteiger partial charge in [-0.05, 0) is 29.7 Å². The number of ether oxygens (including phenoxy) is 1. The lowest BCUT2D eigenvalue weighted by molar-refractivity contribution is -0.118. The number of aromatic nitrogens is 2. The van der Waals surface area contributed by atoms with Crippen LogP contribution in [0.1, 0.15) is 5.56 Å². The number of carbonyl (C=O) groups excluding carboxylic acids is 1. The summed E-state index contributed by atoms with van der Waals surface area (Å²) in [6, 6.07) is 16.3. The number of rotatable bonds is 9. The molecule has 0 spiro atoms. The number of carbonyl (C=O) groups is 1. The van der Waals surface area contributed by atoms with Crippen LogP contribution >= 0.6 is 11.8 Å². The van der Waals surface area contributed by atoms with Crippen LogP contribution in [0.25, 0.3) is 11.3 Å². The first-order valence-corrected chi connectivity index (χ1v) is 10.0. The van der Waals surface area contributed by atoms with Gasteiger partial charge in [0, 0.05) is 13.6 Å². The van der Waals surface area contributed by atoms with Gasteiger partial charge in [-0.15, -0.1) is 0 Å². The minimum absolute atomic E-state index is 0.0862. The topological polar surface area (TPSA) is 56.2 Å². The van der Waals surface area contributed by atoms with Crippen LogP contribution in [-0.4, -0.2) is 34.4 Å². The Labute approximate surface area is 172 Å².